The Morgan fingerprint density at radius 1 is 1.18 bits per heavy atom. The Morgan fingerprint density at radius 2 is 1.89 bits per heavy atom. The molecule has 1 aromatic rings. The summed E-state index contributed by atoms with van der Waals surface area (Å²) >= 11 is 0. The van der Waals surface area contributed by atoms with Crippen LogP contribution in [0.15, 0.2) is 30.3 Å². The normalized spacial score (nSPS) is 22.2. The molecule has 0 spiro atoms. The van der Waals surface area contributed by atoms with E-state index in [0.29, 0.717) is 19.0 Å². The van der Waals surface area contributed by atoms with E-state index in [1.165, 1.54) is 18.4 Å². The number of likely N-dealkylation sites (tertiary alicyclic amines) is 1. The largest absolute Gasteiger partial charge is 0.355 e. The van der Waals surface area contributed by atoms with E-state index >= 15 is 0 Å². The molecule has 0 aliphatic carbocycles. The summed E-state index contributed by atoms with van der Waals surface area (Å²) in [7, 11) is 0. The SMILES string of the molecule is CC(C)N1CCNC(=O)C1CC(=O)NCCN1CCC(c2ccccc2)CC1. The topological polar surface area (TPSA) is 64.7 Å². The number of rotatable bonds is 7. The number of piperazine rings is 1. The predicted octanol–water partition coefficient (Wildman–Crippen LogP) is 1.58. The Hall–Kier alpha value is -1.92. The minimum absolute atomic E-state index is 0.0296. The molecular formula is C22H34N4O2. The molecule has 3 rings (SSSR count). The van der Waals surface area contributed by atoms with Crippen molar-refractivity contribution >= 4 is 11.8 Å². The monoisotopic (exact) mass is 386 g/mol. The number of hydrogen-bond donors (Lipinski definition) is 2. The van der Waals surface area contributed by atoms with Crippen molar-refractivity contribution in [1.82, 2.24) is 20.4 Å². The van der Waals surface area contributed by atoms with Crippen LogP contribution in [0.3, 0.4) is 0 Å². The fourth-order valence-corrected chi connectivity index (χ4v) is 4.38. The highest BCUT2D eigenvalue weighted by atomic mass is 16.2. The molecule has 2 amide bonds. The fourth-order valence-electron chi connectivity index (χ4n) is 4.38. The standard InChI is InChI=1S/C22H34N4O2/c1-17(2)26-15-11-24-22(28)20(26)16-21(27)23-10-14-25-12-8-19(9-13-25)18-6-4-3-5-7-18/h3-7,17,19-20H,8-16H2,1-2H3,(H,23,27)(H,24,28). The molecule has 2 saturated heterocycles. The Kier molecular flexibility index (Phi) is 7.45. The Labute approximate surface area is 168 Å². The van der Waals surface area contributed by atoms with Gasteiger partial charge in [-0.15, -0.1) is 0 Å². The minimum Gasteiger partial charge on any atom is -0.355 e. The molecule has 2 aliphatic rings. The molecular weight excluding hydrogens is 352 g/mol. The lowest BCUT2D eigenvalue weighted by atomic mass is 9.89. The van der Waals surface area contributed by atoms with Crippen molar-refractivity contribution in [3.05, 3.63) is 35.9 Å². The van der Waals surface area contributed by atoms with E-state index in [1.54, 1.807) is 0 Å². The summed E-state index contributed by atoms with van der Waals surface area (Å²) in [5.41, 5.74) is 1.44. The highest BCUT2D eigenvalue weighted by Crippen LogP contribution is 2.27. The average Bonchev–Trinajstić information content (AvgIpc) is 2.70. The maximum absolute atomic E-state index is 12.4. The molecule has 1 aromatic carbocycles. The molecule has 2 heterocycles. The Bertz CT molecular complexity index is 641. The number of nitrogens with zero attached hydrogens (tertiary/aromatic N) is 2. The zero-order valence-electron chi connectivity index (χ0n) is 17.2. The van der Waals surface area contributed by atoms with Crippen LogP contribution < -0.4 is 10.6 Å². The van der Waals surface area contributed by atoms with E-state index in [-0.39, 0.29) is 30.3 Å². The zero-order valence-corrected chi connectivity index (χ0v) is 17.2. The van der Waals surface area contributed by atoms with Crippen molar-refractivity contribution in [2.75, 3.05) is 39.3 Å². The van der Waals surface area contributed by atoms with Gasteiger partial charge in [-0.05, 0) is 51.3 Å². The van der Waals surface area contributed by atoms with Gasteiger partial charge in [-0.25, -0.2) is 0 Å². The van der Waals surface area contributed by atoms with Crippen molar-refractivity contribution in [1.29, 1.82) is 0 Å². The maximum atomic E-state index is 12.4. The summed E-state index contributed by atoms with van der Waals surface area (Å²) < 4.78 is 0. The summed E-state index contributed by atoms with van der Waals surface area (Å²) in [6.07, 6.45) is 2.58. The van der Waals surface area contributed by atoms with Gasteiger partial charge < -0.3 is 15.5 Å². The van der Waals surface area contributed by atoms with Crippen molar-refractivity contribution in [2.45, 2.75) is 51.1 Å². The summed E-state index contributed by atoms with van der Waals surface area (Å²) in [5, 5.41) is 5.89. The van der Waals surface area contributed by atoms with Gasteiger partial charge in [0.15, 0.2) is 0 Å². The number of piperidine rings is 1. The smallest absolute Gasteiger partial charge is 0.237 e. The molecule has 2 aliphatic heterocycles. The molecule has 1 unspecified atom stereocenters. The van der Waals surface area contributed by atoms with E-state index in [2.05, 4.69) is 64.6 Å². The second kappa shape index (κ2) is 10.0. The lowest BCUT2D eigenvalue weighted by molar-refractivity contribution is -0.134. The first-order chi connectivity index (χ1) is 13.5. The molecule has 6 heteroatoms. The highest BCUT2D eigenvalue weighted by Gasteiger charge is 2.32. The first-order valence-corrected chi connectivity index (χ1v) is 10.6. The molecule has 0 aromatic heterocycles. The second-order valence-corrected chi connectivity index (χ2v) is 8.22. The maximum Gasteiger partial charge on any atom is 0.237 e. The quantitative estimate of drug-likeness (QED) is 0.747. The average molecular weight is 387 g/mol. The highest BCUT2D eigenvalue weighted by molar-refractivity contribution is 5.88. The van der Waals surface area contributed by atoms with Gasteiger partial charge in [0, 0.05) is 32.2 Å². The van der Waals surface area contributed by atoms with Crippen molar-refractivity contribution < 1.29 is 9.59 Å². The van der Waals surface area contributed by atoms with Crippen LogP contribution in [0.25, 0.3) is 0 Å². The number of carbonyl (C=O) groups is 2. The van der Waals surface area contributed by atoms with Gasteiger partial charge in [0.05, 0.1) is 12.5 Å². The van der Waals surface area contributed by atoms with Crippen LogP contribution in [0.4, 0.5) is 0 Å². The number of nitrogens with one attached hydrogen (secondary N) is 2. The van der Waals surface area contributed by atoms with E-state index in [4.69, 9.17) is 0 Å². The first-order valence-electron chi connectivity index (χ1n) is 10.6. The molecule has 28 heavy (non-hydrogen) atoms. The van der Waals surface area contributed by atoms with E-state index in [1.807, 2.05) is 0 Å². The van der Waals surface area contributed by atoms with E-state index in [9.17, 15) is 9.59 Å². The summed E-state index contributed by atoms with van der Waals surface area (Å²) in [6, 6.07) is 10.7. The first kappa shape index (κ1) is 20.8. The predicted molar refractivity (Wildman–Crippen MR) is 111 cm³/mol. The number of benzene rings is 1. The molecule has 6 nitrogen and oxygen atoms in total. The zero-order chi connectivity index (χ0) is 19.9. The van der Waals surface area contributed by atoms with Crippen molar-refractivity contribution in [2.24, 2.45) is 0 Å². The Morgan fingerprint density at radius 3 is 2.57 bits per heavy atom. The Balaban J connectivity index is 1.37. The lowest BCUT2D eigenvalue weighted by Crippen LogP contribution is -2.58. The fraction of sp³-hybridized carbons (Fsp3) is 0.636. The number of carbonyl (C=O) groups excluding carboxylic acids is 2. The summed E-state index contributed by atoms with van der Waals surface area (Å²) in [5.74, 6) is 0.587. The van der Waals surface area contributed by atoms with E-state index in [0.717, 1.165) is 26.2 Å². The van der Waals surface area contributed by atoms with Crippen LogP contribution in [0.5, 0.6) is 0 Å². The van der Waals surface area contributed by atoms with Gasteiger partial charge in [-0.2, -0.15) is 0 Å². The van der Waals surface area contributed by atoms with Crippen molar-refractivity contribution in [3.8, 4) is 0 Å². The second-order valence-electron chi connectivity index (χ2n) is 8.22. The molecule has 154 valence electrons. The van der Waals surface area contributed by atoms with Crippen LogP contribution in [0.2, 0.25) is 0 Å². The minimum atomic E-state index is -0.352. The summed E-state index contributed by atoms with van der Waals surface area (Å²) in [4.78, 5) is 29.1. The molecule has 0 bridgehead atoms. The summed E-state index contributed by atoms with van der Waals surface area (Å²) in [6.45, 7) is 9.27. The van der Waals surface area contributed by atoms with Crippen LogP contribution in [0.1, 0.15) is 44.6 Å². The molecule has 2 N–H and O–H groups in total. The third-order valence-electron chi connectivity index (χ3n) is 6.02. The molecule has 0 radical (unpaired) electrons. The lowest BCUT2D eigenvalue weighted by Gasteiger charge is -2.37. The van der Waals surface area contributed by atoms with Gasteiger partial charge in [0.25, 0.3) is 0 Å². The number of hydrogen-bond acceptors (Lipinski definition) is 4. The van der Waals surface area contributed by atoms with Crippen LogP contribution in [0, 0.1) is 0 Å². The van der Waals surface area contributed by atoms with E-state index < -0.39 is 0 Å². The third-order valence-corrected chi connectivity index (χ3v) is 6.02. The van der Waals surface area contributed by atoms with Crippen LogP contribution in [-0.4, -0.2) is 73.0 Å². The number of amides is 2. The molecule has 1 atom stereocenters. The van der Waals surface area contributed by atoms with Crippen LogP contribution >= 0.6 is 0 Å². The van der Waals surface area contributed by atoms with Crippen molar-refractivity contribution in [3.63, 3.8) is 0 Å². The van der Waals surface area contributed by atoms with Gasteiger partial charge in [0.1, 0.15) is 0 Å². The van der Waals surface area contributed by atoms with Gasteiger partial charge in [-0.3, -0.25) is 14.5 Å². The van der Waals surface area contributed by atoms with Crippen LogP contribution in [-0.2, 0) is 9.59 Å². The molecule has 2 fully saturated rings. The third kappa shape index (κ3) is 5.55. The van der Waals surface area contributed by atoms with Gasteiger partial charge in [-0.1, -0.05) is 30.3 Å². The van der Waals surface area contributed by atoms with Gasteiger partial charge in [0.2, 0.25) is 11.8 Å². The molecule has 0 saturated carbocycles. The van der Waals surface area contributed by atoms with Gasteiger partial charge >= 0.3 is 0 Å².